The van der Waals surface area contributed by atoms with E-state index >= 15 is 0 Å². The average molecular weight is 311 g/mol. The molecule has 1 saturated carbocycles. The molecule has 1 aliphatic carbocycles. The first-order chi connectivity index (χ1) is 11.1. The zero-order valence-electron chi connectivity index (χ0n) is 12.9. The van der Waals surface area contributed by atoms with Crippen LogP contribution in [0.3, 0.4) is 0 Å². The van der Waals surface area contributed by atoms with Gasteiger partial charge in [-0.05, 0) is 42.9 Å². The number of aliphatic hydroxyl groups is 1. The van der Waals surface area contributed by atoms with Gasteiger partial charge in [0.25, 0.3) is 5.91 Å². The molecule has 0 bridgehead atoms. The molecule has 2 aromatic rings. The Balaban J connectivity index is 1.73. The number of rotatable bonds is 5. The normalized spacial score (nSPS) is 21.3. The van der Waals surface area contributed by atoms with E-state index in [-0.39, 0.29) is 35.3 Å². The molecule has 3 rings (SSSR count). The van der Waals surface area contributed by atoms with E-state index in [1.54, 1.807) is 18.2 Å². The quantitative estimate of drug-likeness (QED) is 0.794. The lowest BCUT2D eigenvalue weighted by Crippen LogP contribution is -2.48. The number of carbonyl (C=O) groups is 1. The van der Waals surface area contributed by atoms with Gasteiger partial charge in [-0.25, -0.2) is 0 Å². The summed E-state index contributed by atoms with van der Waals surface area (Å²) >= 11 is 0. The minimum Gasteiger partial charge on any atom is -0.507 e. The van der Waals surface area contributed by atoms with E-state index in [4.69, 9.17) is 0 Å². The lowest BCUT2D eigenvalue weighted by Gasteiger charge is -2.38. The van der Waals surface area contributed by atoms with Crippen molar-refractivity contribution in [1.82, 2.24) is 5.32 Å². The molecule has 0 heterocycles. The molecule has 0 aromatic heterocycles. The van der Waals surface area contributed by atoms with Crippen molar-refractivity contribution in [2.45, 2.75) is 31.4 Å². The Labute approximate surface area is 135 Å². The van der Waals surface area contributed by atoms with E-state index in [0.717, 1.165) is 12.0 Å². The Morgan fingerprint density at radius 1 is 1.09 bits per heavy atom. The third-order valence-corrected chi connectivity index (χ3v) is 4.48. The number of aromatic hydroxyl groups is 1. The van der Waals surface area contributed by atoms with E-state index in [9.17, 15) is 15.0 Å². The molecule has 1 fully saturated rings. The highest BCUT2D eigenvalue weighted by Gasteiger charge is 2.35. The average Bonchev–Trinajstić information content (AvgIpc) is 2.52. The molecule has 1 amide bonds. The van der Waals surface area contributed by atoms with Gasteiger partial charge < -0.3 is 15.5 Å². The zero-order chi connectivity index (χ0) is 16.2. The van der Waals surface area contributed by atoms with Crippen molar-refractivity contribution < 1.29 is 15.0 Å². The molecule has 4 heteroatoms. The lowest BCUT2D eigenvalue weighted by molar-refractivity contribution is 0.0239. The summed E-state index contributed by atoms with van der Waals surface area (Å²) in [5, 5.41) is 22.4. The lowest BCUT2D eigenvalue weighted by atomic mass is 9.75. The molecule has 120 valence electrons. The second kappa shape index (κ2) is 6.84. The molecule has 0 unspecified atom stereocenters. The Morgan fingerprint density at radius 2 is 1.74 bits per heavy atom. The SMILES string of the molecule is O=C(N[C@H](Cc1ccccc1)C1CC(O)C1)c1ccccc1O. The summed E-state index contributed by atoms with van der Waals surface area (Å²) in [5.74, 6) is -0.0254. The van der Waals surface area contributed by atoms with Gasteiger partial charge in [0.1, 0.15) is 5.75 Å². The van der Waals surface area contributed by atoms with Crippen molar-refractivity contribution in [2.24, 2.45) is 5.92 Å². The monoisotopic (exact) mass is 311 g/mol. The van der Waals surface area contributed by atoms with Crippen LogP contribution in [-0.4, -0.2) is 28.3 Å². The second-order valence-corrected chi connectivity index (χ2v) is 6.17. The fraction of sp³-hybridized carbons (Fsp3) is 0.316. The molecule has 2 aromatic carbocycles. The fourth-order valence-electron chi connectivity index (χ4n) is 3.07. The predicted molar refractivity (Wildman–Crippen MR) is 88.2 cm³/mol. The summed E-state index contributed by atoms with van der Waals surface area (Å²) in [6.07, 6.45) is 1.87. The highest BCUT2D eigenvalue weighted by Crippen LogP contribution is 2.32. The Hall–Kier alpha value is -2.33. The van der Waals surface area contributed by atoms with E-state index in [2.05, 4.69) is 5.32 Å². The maximum Gasteiger partial charge on any atom is 0.255 e. The van der Waals surface area contributed by atoms with Gasteiger partial charge in [0.2, 0.25) is 0 Å². The Morgan fingerprint density at radius 3 is 2.39 bits per heavy atom. The molecular weight excluding hydrogens is 290 g/mol. The van der Waals surface area contributed by atoms with Gasteiger partial charge in [-0.15, -0.1) is 0 Å². The highest BCUT2D eigenvalue weighted by molar-refractivity contribution is 5.96. The van der Waals surface area contributed by atoms with Crippen LogP contribution in [-0.2, 0) is 6.42 Å². The largest absolute Gasteiger partial charge is 0.507 e. The van der Waals surface area contributed by atoms with Crippen LogP contribution < -0.4 is 5.32 Å². The number of carbonyl (C=O) groups excluding carboxylic acids is 1. The van der Waals surface area contributed by atoms with Crippen LogP contribution in [0.4, 0.5) is 0 Å². The zero-order valence-corrected chi connectivity index (χ0v) is 12.9. The number of amides is 1. The third kappa shape index (κ3) is 3.71. The van der Waals surface area contributed by atoms with Crippen LogP contribution in [0.5, 0.6) is 5.75 Å². The predicted octanol–water partition coefficient (Wildman–Crippen LogP) is 2.50. The molecule has 0 saturated heterocycles. The maximum atomic E-state index is 12.5. The van der Waals surface area contributed by atoms with Crippen LogP contribution in [0, 0.1) is 5.92 Å². The number of benzene rings is 2. The first-order valence-corrected chi connectivity index (χ1v) is 7.94. The van der Waals surface area contributed by atoms with Gasteiger partial charge in [-0.2, -0.15) is 0 Å². The Kier molecular flexibility index (Phi) is 4.63. The number of phenolic OH excluding ortho intramolecular Hbond substituents is 1. The van der Waals surface area contributed by atoms with Crippen LogP contribution >= 0.6 is 0 Å². The van der Waals surface area contributed by atoms with Crippen LogP contribution in [0.2, 0.25) is 0 Å². The first kappa shape index (κ1) is 15.6. The molecule has 0 radical (unpaired) electrons. The Bertz CT molecular complexity index is 665. The van der Waals surface area contributed by atoms with Gasteiger partial charge in [0, 0.05) is 6.04 Å². The number of aliphatic hydroxyl groups excluding tert-OH is 1. The van der Waals surface area contributed by atoms with Crippen molar-refractivity contribution in [3.8, 4) is 5.75 Å². The van der Waals surface area contributed by atoms with Gasteiger partial charge in [-0.1, -0.05) is 42.5 Å². The van der Waals surface area contributed by atoms with Gasteiger partial charge in [-0.3, -0.25) is 4.79 Å². The van der Waals surface area contributed by atoms with E-state index in [0.29, 0.717) is 12.8 Å². The van der Waals surface area contributed by atoms with Crippen molar-refractivity contribution >= 4 is 5.91 Å². The van der Waals surface area contributed by atoms with Crippen molar-refractivity contribution in [3.63, 3.8) is 0 Å². The molecule has 23 heavy (non-hydrogen) atoms. The third-order valence-electron chi connectivity index (χ3n) is 4.48. The van der Waals surface area contributed by atoms with Gasteiger partial charge in [0.05, 0.1) is 11.7 Å². The number of hydrogen-bond acceptors (Lipinski definition) is 3. The summed E-state index contributed by atoms with van der Waals surface area (Å²) < 4.78 is 0. The topological polar surface area (TPSA) is 69.6 Å². The molecule has 0 spiro atoms. The van der Waals surface area contributed by atoms with Crippen LogP contribution in [0.25, 0.3) is 0 Å². The van der Waals surface area contributed by atoms with E-state index in [1.165, 1.54) is 6.07 Å². The highest BCUT2D eigenvalue weighted by atomic mass is 16.3. The second-order valence-electron chi connectivity index (χ2n) is 6.17. The first-order valence-electron chi connectivity index (χ1n) is 7.94. The standard InChI is InChI=1S/C19H21NO3/c21-15-11-14(12-15)17(10-13-6-2-1-3-7-13)20-19(23)16-8-4-5-9-18(16)22/h1-9,14-15,17,21-22H,10-12H2,(H,20,23)/t14?,15?,17-/m1/s1. The van der Waals surface area contributed by atoms with E-state index in [1.807, 2.05) is 30.3 Å². The number of phenols is 1. The summed E-state index contributed by atoms with van der Waals surface area (Å²) in [7, 11) is 0. The minimum atomic E-state index is -0.273. The summed E-state index contributed by atoms with van der Waals surface area (Å²) in [4.78, 5) is 12.5. The minimum absolute atomic E-state index is 0.0166. The number of hydrogen-bond donors (Lipinski definition) is 3. The summed E-state index contributed by atoms with van der Waals surface area (Å²) in [6, 6.07) is 16.5. The van der Waals surface area contributed by atoms with Gasteiger partial charge in [0.15, 0.2) is 0 Å². The van der Waals surface area contributed by atoms with Crippen LogP contribution in [0.15, 0.2) is 54.6 Å². The van der Waals surface area contributed by atoms with Crippen LogP contribution in [0.1, 0.15) is 28.8 Å². The summed E-state index contributed by atoms with van der Waals surface area (Å²) in [6.45, 7) is 0. The fourth-order valence-corrected chi connectivity index (χ4v) is 3.07. The van der Waals surface area contributed by atoms with Crippen molar-refractivity contribution in [2.75, 3.05) is 0 Å². The molecule has 3 N–H and O–H groups in total. The van der Waals surface area contributed by atoms with E-state index < -0.39 is 0 Å². The number of para-hydroxylation sites is 1. The molecule has 0 aliphatic heterocycles. The summed E-state index contributed by atoms with van der Waals surface area (Å²) in [5.41, 5.74) is 1.43. The molecule has 1 atom stereocenters. The molecule has 4 nitrogen and oxygen atoms in total. The van der Waals surface area contributed by atoms with Crippen molar-refractivity contribution in [3.05, 3.63) is 65.7 Å². The molecular formula is C19H21NO3. The van der Waals surface area contributed by atoms with Crippen molar-refractivity contribution in [1.29, 1.82) is 0 Å². The smallest absolute Gasteiger partial charge is 0.255 e. The van der Waals surface area contributed by atoms with Gasteiger partial charge >= 0.3 is 0 Å². The number of nitrogens with one attached hydrogen (secondary N) is 1. The molecule has 1 aliphatic rings. The maximum absolute atomic E-state index is 12.5.